The predicted octanol–water partition coefficient (Wildman–Crippen LogP) is 1.91. The van der Waals surface area contributed by atoms with Crippen molar-refractivity contribution in [3.05, 3.63) is 79.5 Å². The number of nitrogens with one attached hydrogen (secondary N) is 2. The molecule has 2 aromatic carbocycles. The maximum absolute atomic E-state index is 13.2. The molecule has 2 N–H and O–H groups in total. The molecular formula is C26H25FN6O2S. The fraction of sp³-hybridized carbons (Fsp3) is 0.231. The lowest BCUT2D eigenvalue weighted by atomic mass is 10.1. The summed E-state index contributed by atoms with van der Waals surface area (Å²) in [6, 6.07) is 17.8. The molecule has 36 heavy (non-hydrogen) atoms. The number of benzene rings is 2. The Kier molecular flexibility index (Phi) is 8.98. The molecule has 1 heterocycles. The summed E-state index contributed by atoms with van der Waals surface area (Å²) >= 11 is 1.04. The van der Waals surface area contributed by atoms with Gasteiger partial charge in [-0.15, -0.1) is 11.3 Å². The second kappa shape index (κ2) is 12.3. The fourth-order valence-corrected chi connectivity index (χ4v) is 4.57. The Morgan fingerprint density at radius 2 is 1.97 bits per heavy atom. The van der Waals surface area contributed by atoms with Gasteiger partial charge in [0.2, 0.25) is 0 Å². The maximum atomic E-state index is 13.2. The highest BCUT2D eigenvalue weighted by Gasteiger charge is 2.14. The number of carbonyl (C=O) groups excluding carboxylic acids is 1. The van der Waals surface area contributed by atoms with Crippen LogP contribution in [0.5, 0.6) is 0 Å². The summed E-state index contributed by atoms with van der Waals surface area (Å²) in [5.74, 6) is -0.963. The molecule has 0 radical (unpaired) electrons. The third-order valence-electron chi connectivity index (χ3n) is 5.40. The van der Waals surface area contributed by atoms with E-state index in [9.17, 15) is 19.2 Å². The van der Waals surface area contributed by atoms with Crippen LogP contribution in [0.1, 0.15) is 12.5 Å². The maximum Gasteiger partial charge on any atom is 0.270 e. The molecule has 0 unspecified atom stereocenters. The van der Waals surface area contributed by atoms with Crippen LogP contribution in [0.25, 0.3) is 11.8 Å². The number of nitrogens with zero attached hydrogens (tertiary/aromatic N) is 4. The van der Waals surface area contributed by atoms with E-state index in [4.69, 9.17) is 5.26 Å². The smallest absolute Gasteiger partial charge is 0.270 e. The molecule has 0 saturated carbocycles. The number of halogens is 1. The van der Waals surface area contributed by atoms with Gasteiger partial charge < -0.3 is 15.5 Å². The van der Waals surface area contributed by atoms with Crippen molar-refractivity contribution < 1.29 is 9.18 Å². The Hall–Kier alpha value is -4.41. The van der Waals surface area contributed by atoms with Crippen LogP contribution in [0.3, 0.4) is 0 Å². The minimum atomic E-state index is -0.694. The molecule has 0 bridgehead atoms. The van der Waals surface area contributed by atoms with E-state index in [0.29, 0.717) is 4.53 Å². The minimum Gasteiger partial charge on any atom is -0.374 e. The van der Waals surface area contributed by atoms with Gasteiger partial charge in [0, 0.05) is 37.7 Å². The van der Waals surface area contributed by atoms with Crippen molar-refractivity contribution in [2.24, 2.45) is 0 Å². The van der Waals surface area contributed by atoms with Crippen LogP contribution in [0, 0.1) is 28.5 Å². The largest absolute Gasteiger partial charge is 0.374 e. The molecule has 0 saturated heterocycles. The molecule has 3 aromatic rings. The summed E-state index contributed by atoms with van der Waals surface area (Å²) < 4.78 is 15.1. The molecule has 1 aromatic heterocycles. The zero-order valence-corrected chi connectivity index (χ0v) is 20.7. The monoisotopic (exact) mass is 504 g/mol. The molecule has 3 rings (SSSR count). The average molecular weight is 505 g/mol. The van der Waals surface area contributed by atoms with Gasteiger partial charge in [-0.3, -0.25) is 14.2 Å². The molecule has 0 atom stereocenters. The van der Waals surface area contributed by atoms with Crippen LogP contribution in [-0.2, 0) is 17.8 Å². The number of likely N-dealkylation sites (N-methyl/N-ethyl adjacent to an activating group) is 1. The predicted molar refractivity (Wildman–Crippen MR) is 139 cm³/mol. The Morgan fingerprint density at radius 3 is 2.64 bits per heavy atom. The normalized spacial score (nSPS) is 11.9. The fourth-order valence-electron chi connectivity index (χ4n) is 3.48. The first-order valence-electron chi connectivity index (χ1n) is 11.2. The molecule has 10 heteroatoms. The van der Waals surface area contributed by atoms with E-state index in [1.165, 1.54) is 16.7 Å². The Labute approximate surface area is 211 Å². The van der Waals surface area contributed by atoms with Crippen molar-refractivity contribution in [1.29, 1.82) is 10.5 Å². The van der Waals surface area contributed by atoms with E-state index >= 15 is 0 Å². The average Bonchev–Trinajstić information content (AvgIpc) is 3.20. The highest BCUT2D eigenvalue weighted by Crippen LogP contribution is 2.15. The zero-order chi connectivity index (χ0) is 26.1. The number of hydrogen-bond acceptors (Lipinski definition) is 7. The number of amides is 1. The van der Waals surface area contributed by atoms with Crippen LogP contribution in [0.4, 0.5) is 15.8 Å². The van der Waals surface area contributed by atoms with Crippen LogP contribution >= 0.6 is 11.3 Å². The van der Waals surface area contributed by atoms with E-state index < -0.39 is 5.91 Å². The van der Waals surface area contributed by atoms with Gasteiger partial charge in [0.15, 0.2) is 5.57 Å². The third-order valence-corrected chi connectivity index (χ3v) is 6.54. The lowest BCUT2D eigenvalue weighted by molar-refractivity contribution is -0.115. The number of thiazole rings is 1. The van der Waals surface area contributed by atoms with Crippen LogP contribution in [0.15, 0.2) is 53.3 Å². The van der Waals surface area contributed by atoms with Gasteiger partial charge in [-0.05, 0) is 55.3 Å². The van der Waals surface area contributed by atoms with E-state index in [-0.39, 0.29) is 34.7 Å². The van der Waals surface area contributed by atoms with Crippen molar-refractivity contribution in [1.82, 2.24) is 9.88 Å². The third kappa shape index (κ3) is 6.38. The van der Waals surface area contributed by atoms with Crippen molar-refractivity contribution in [3.63, 3.8) is 0 Å². The van der Waals surface area contributed by atoms with E-state index in [2.05, 4.69) is 10.6 Å². The molecule has 0 aliphatic rings. The molecule has 0 aliphatic carbocycles. The Bertz CT molecular complexity index is 1500. The number of hydrogen-bond donors (Lipinski definition) is 2. The van der Waals surface area contributed by atoms with Crippen molar-refractivity contribution in [2.45, 2.75) is 19.9 Å². The van der Waals surface area contributed by atoms with Gasteiger partial charge in [0.1, 0.15) is 27.6 Å². The summed E-state index contributed by atoms with van der Waals surface area (Å²) in [6.45, 7) is 2.53. The molecular weight excluding hydrogens is 479 g/mol. The highest BCUT2D eigenvalue weighted by molar-refractivity contribution is 7.07. The standard InChI is InChI=1S/C26H25FN6O2S/c1-3-33-25(35)23(36-26(33)22(16-29)24(34)30-13-12-28)17-31-20-6-4-5-18(15-20)11-14-32(2)21-9-7-19(27)8-10-21/h4-10,15,17,31H,3,11,13-14H2,1-2H3,(H,30,34). The lowest BCUT2D eigenvalue weighted by Crippen LogP contribution is -2.34. The van der Waals surface area contributed by atoms with Crippen LogP contribution in [-0.4, -0.2) is 30.6 Å². The molecule has 8 nitrogen and oxygen atoms in total. The van der Waals surface area contributed by atoms with Crippen molar-refractivity contribution in [2.75, 3.05) is 30.4 Å². The SMILES string of the molecule is CCn1c(=C(C#N)C(=O)NCC#N)sc(=CNc2cccc(CCN(C)c3ccc(F)cc3)c2)c1=O. The van der Waals surface area contributed by atoms with Gasteiger partial charge in [-0.25, -0.2) is 4.39 Å². The number of aromatic nitrogens is 1. The van der Waals surface area contributed by atoms with Crippen LogP contribution in [0.2, 0.25) is 0 Å². The van der Waals surface area contributed by atoms with E-state index in [1.54, 1.807) is 31.3 Å². The summed E-state index contributed by atoms with van der Waals surface area (Å²) in [5, 5.41) is 23.6. The molecule has 184 valence electrons. The van der Waals surface area contributed by atoms with Gasteiger partial charge in [0.05, 0.1) is 6.07 Å². The highest BCUT2D eigenvalue weighted by atomic mass is 32.1. The van der Waals surface area contributed by atoms with Gasteiger partial charge in [0.25, 0.3) is 11.5 Å². The number of rotatable bonds is 9. The minimum absolute atomic E-state index is 0.207. The van der Waals surface area contributed by atoms with Gasteiger partial charge in [-0.1, -0.05) is 12.1 Å². The van der Waals surface area contributed by atoms with Gasteiger partial charge >= 0.3 is 0 Å². The van der Waals surface area contributed by atoms with Crippen LogP contribution < -0.4 is 30.3 Å². The second-order valence-corrected chi connectivity index (χ2v) is 8.82. The summed E-state index contributed by atoms with van der Waals surface area (Å²) in [5.41, 5.74) is 2.26. The van der Waals surface area contributed by atoms with E-state index in [0.717, 1.165) is 41.2 Å². The topological polar surface area (TPSA) is 114 Å². The molecule has 1 amide bonds. The lowest BCUT2D eigenvalue weighted by Gasteiger charge is -2.19. The quantitative estimate of drug-likeness (QED) is 0.431. The Morgan fingerprint density at radius 1 is 1.22 bits per heavy atom. The molecule has 0 fully saturated rings. The first-order chi connectivity index (χ1) is 17.4. The first-order valence-corrected chi connectivity index (χ1v) is 12.0. The second-order valence-electron chi connectivity index (χ2n) is 7.79. The summed E-state index contributed by atoms with van der Waals surface area (Å²) in [6.07, 6.45) is 2.32. The van der Waals surface area contributed by atoms with E-state index in [1.807, 2.05) is 42.3 Å². The Balaban J connectivity index is 1.81. The van der Waals surface area contributed by atoms with Crippen molar-refractivity contribution in [3.8, 4) is 12.1 Å². The molecule has 0 spiro atoms. The number of carbonyl (C=O) groups is 1. The molecule has 0 aliphatic heterocycles. The van der Waals surface area contributed by atoms with Gasteiger partial charge in [-0.2, -0.15) is 10.5 Å². The summed E-state index contributed by atoms with van der Waals surface area (Å²) in [7, 11) is 1.95. The summed E-state index contributed by atoms with van der Waals surface area (Å²) in [4.78, 5) is 27.2. The number of anilines is 2. The zero-order valence-electron chi connectivity index (χ0n) is 19.9. The number of nitriles is 2. The first kappa shape index (κ1) is 26.2. The van der Waals surface area contributed by atoms with Crippen molar-refractivity contribution >= 4 is 40.4 Å².